The first-order valence-electron chi connectivity index (χ1n) is 9.84. The lowest BCUT2D eigenvalue weighted by atomic mass is 10.0. The van der Waals surface area contributed by atoms with Crippen LogP contribution in [0.4, 0.5) is 0 Å². The van der Waals surface area contributed by atoms with E-state index in [9.17, 15) is 9.59 Å². The molecule has 0 aliphatic carbocycles. The van der Waals surface area contributed by atoms with E-state index in [0.29, 0.717) is 12.0 Å². The number of H-pyrrole nitrogens is 1. The number of fused-ring (bicyclic) bond motifs is 1. The van der Waals surface area contributed by atoms with E-state index in [1.807, 2.05) is 42.6 Å². The Kier molecular flexibility index (Phi) is 6.13. The molecule has 4 rings (SSSR count). The Bertz CT molecular complexity index is 1200. The van der Waals surface area contributed by atoms with E-state index in [1.54, 1.807) is 42.7 Å². The van der Waals surface area contributed by atoms with Gasteiger partial charge in [0.05, 0.1) is 6.21 Å². The molecular formula is C24H21N5O2. The third-order valence-corrected chi connectivity index (χ3v) is 4.83. The predicted octanol–water partition coefficient (Wildman–Crippen LogP) is 3.05. The minimum absolute atomic E-state index is 0.316. The van der Waals surface area contributed by atoms with Crippen molar-refractivity contribution in [2.45, 2.75) is 12.5 Å². The molecule has 0 saturated carbocycles. The van der Waals surface area contributed by atoms with Crippen molar-refractivity contribution in [1.29, 1.82) is 0 Å². The average Bonchev–Trinajstić information content (AvgIpc) is 3.22. The number of nitrogens with zero attached hydrogens (tertiary/aromatic N) is 2. The van der Waals surface area contributed by atoms with Crippen molar-refractivity contribution in [2.24, 2.45) is 5.10 Å². The van der Waals surface area contributed by atoms with Crippen molar-refractivity contribution in [3.8, 4) is 0 Å². The summed E-state index contributed by atoms with van der Waals surface area (Å²) in [6.45, 7) is 0. The largest absolute Gasteiger partial charge is 0.361 e. The zero-order valence-corrected chi connectivity index (χ0v) is 16.7. The Labute approximate surface area is 179 Å². The molecular weight excluding hydrogens is 390 g/mol. The van der Waals surface area contributed by atoms with Gasteiger partial charge in [0.1, 0.15) is 6.04 Å². The Balaban J connectivity index is 1.53. The van der Waals surface area contributed by atoms with Gasteiger partial charge in [-0.3, -0.25) is 14.6 Å². The van der Waals surface area contributed by atoms with Gasteiger partial charge in [-0.25, -0.2) is 5.43 Å². The van der Waals surface area contributed by atoms with Gasteiger partial charge >= 0.3 is 0 Å². The second-order valence-electron chi connectivity index (χ2n) is 6.98. The van der Waals surface area contributed by atoms with Crippen molar-refractivity contribution in [1.82, 2.24) is 20.7 Å². The smallest absolute Gasteiger partial charge is 0.262 e. The van der Waals surface area contributed by atoms with E-state index < -0.39 is 11.9 Å². The number of rotatable bonds is 7. The van der Waals surface area contributed by atoms with E-state index in [0.717, 1.165) is 22.0 Å². The number of hydrogen-bond donors (Lipinski definition) is 3. The number of para-hydroxylation sites is 1. The molecule has 4 aromatic rings. The SMILES string of the molecule is O=C(N[C@H](Cc1c[nH]c2ccccc12)C(=O)N/N=C\c1cccnc1)c1ccccc1. The Morgan fingerprint density at radius 1 is 1.03 bits per heavy atom. The van der Waals surface area contributed by atoms with Crippen LogP contribution in [0.2, 0.25) is 0 Å². The maximum Gasteiger partial charge on any atom is 0.262 e. The fraction of sp³-hybridized carbons (Fsp3) is 0.0833. The maximum atomic E-state index is 12.9. The first-order chi connectivity index (χ1) is 15.2. The highest BCUT2D eigenvalue weighted by Gasteiger charge is 2.23. The molecule has 3 N–H and O–H groups in total. The average molecular weight is 411 g/mol. The number of carbonyl (C=O) groups is 2. The summed E-state index contributed by atoms with van der Waals surface area (Å²) in [6.07, 6.45) is 6.98. The molecule has 0 saturated heterocycles. The number of hydrogen-bond acceptors (Lipinski definition) is 4. The zero-order chi connectivity index (χ0) is 21.5. The van der Waals surface area contributed by atoms with E-state index in [2.05, 4.69) is 25.8 Å². The number of pyridine rings is 1. The summed E-state index contributed by atoms with van der Waals surface area (Å²) in [5.74, 6) is -0.730. The van der Waals surface area contributed by atoms with E-state index in [-0.39, 0.29) is 5.91 Å². The van der Waals surface area contributed by atoms with Gasteiger partial charge in [-0.2, -0.15) is 5.10 Å². The highest BCUT2D eigenvalue weighted by Crippen LogP contribution is 2.19. The Morgan fingerprint density at radius 2 is 1.84 bits per heavy atom. The zero-order valence-electron chi connectivity index (χ0n) is 16.7. The van der Waals surface area contributed by atoms with Crippen molar-refractivity contribution >= 4 is 28.9 Å². The quantitative estimate of drug-likeness (QED) is 0.322. The summed E-state index contributed by atoms with van der Waals surface area (Å²) in [4.78, 5) is 32.8. The predicted molar refractivity (Wildman–Crippen MR) is 120 cm³/mol. The van der Waals surface area contributed by atoms with Gasteiger partial charge in [-0.15, -0.1) is 0 Å². The van der Waals surface area contributed by atoms with Crippen molar-refractivity contribution in [3.63, 3.8) is 0 Å². The first-order valence-corrected chi connectivity index (χ1v) is 9.84. The van der Waals surface area contributed by atoms with Crippen molar-refractivity contribution < 1.29 is 9.59 Å². The van der Waals surface area contributed by atoms with Gasteiger partial charge in [-0.05, 0) is 29.8 Å². The molecule has 0 spiro atoms. The second-order valence-corrected chi connectivity index (χ2v) is 6.98. The fourth-order valence-corrected chi connectivity index (χ4v) is 3.26. The molecule has 7 nitrogen and oxygen atoms in total. The lowest BCUT2D eigenvalue weighted by Gasteiger charge is -2.17. The minimum Gasteiger partial charge on any atom is -0.361 e. The summed E-state index contributed by atoms with van der Waals surface area (Å²) < 4.78 is 0. The van der Waals surface area contributed by atoms with Crippen LogP contribution in [0.3, 0.4) is 0 Å². The van der Waals surface area contributed by atoms with E-state index in [4.69, 9.17) is 0 Å². The van der Waals surface area contributed by atoms with Gasteiger partial charge in [-0.1, -0.05) is 42.5 Å². The molecule has 31 heavy (non-hydrogen) atoms. The van der Waals surface area contributed by atoms with Gasteiger partial charge in [0.2, 0.25) is 0 Å². The van der Waals surface area contributed by atoms with Crippen LogP contribution >= 0.6 is 0 Å². The molecule has 0 unspecified atom stereocenters. The third-order valence-electron chi connectivity index (χ3n) is 4.83. The van der Waals surface area contributed by atoms with Crippen LogP contribution < -0.4 is 10.7 Å². The monoisotopic (exact) mass is 411 g/mol. The summed E-state index contributed by atoms with van der Waals surface area (Å²) >= 11 is 0. The summed E-state index contributed by atoms with van der Waals surface area (Å²) in [5, 5.41) is 7.85. The lowest BCUT2D eigenvalue weighted by molar-refractivity contribution is -0.122. The van der Waals surface area contributed by atoms with E-state index in [1.165, 1.54) is 6.21 Å². The van der Waals surface area contributed by atoms with Crippen LogP contribution in [0.5, 0.6) is 0 Å². The van der Waals surface area contributed by atoms with Crippen LogP contribution in [0.1, 0.15) is 21.5 Å². The Hall–Kier alpha value is -4.26. The molecule has 0 radical (unpaired) electrons. The van der Waals surface area contributed by atoms with Gasteiger partial charge in [0, 0.05) is 47.0 Å². The van der Waals surface area contributed by atoms with Gasteiger partial charge in [0.15, 0.2) is 0 Å². The summed E-state index contributed by atoms with van der Waals surface area (Å²) in [5.41, 5.74) is 5.67. The minimum atomic E-state index is -0.807. The molecule has 0 aliphatic heterocycles. The van der Waals surface area contributed by atoms with Gasteiger partial charge < -0.3 is 10.3 Å². The van der Waals surface area contributed by atoms with Crippen LogP contribution in [0.25, 0.3) is 10.9 Å². The number of amides is 2. The van der Waals surface area contributed by atoms with Crippen LogP contribution in [-0.4, -0.2) is 34.0 Å². The van der Waals surface area contributed by atoms with Crippen molar-refractivity contribution in [2.75, 3.05) is 0 Å². The molecule has 7 heteroatoms. The number of hydrazone groups is 1. The highest BCUT2D eigenvalue weighted by molar-refractivity contribution is 5.98. The molecule has 0 aliphatic rings. The molecule has 2 aromatic heterocycles. The number of aromatic amines is 1. The second kappa shape index (κ2) is 9.49. The molecule has 0 fully saturated rings. The molecule has 0 bridgehead atoms. The molecule has 1 atom stereocenters. The fourth-order valence-electron chi connectivity index (χ4n) is 3.26. The third kappa shape index (κ3) is 5.02. The summed E-state index contributed by atoms with van der Waals surface area (Å²) in [6, 6.07) is 19.4. The highest BCUT2D eigenvalue weighted by atomic mass is 16.2. The maximum absolute atomic E-state index is 12.9. The molecule has 2 heterocycles. The van der Waals surface area contributed by atoms with Crippen LogP contribution in [0.15, 0.2) is 90.4 Å². The normalized spacial score (nSPS) is 12.0. The number of aromatic nitrogens is 2. The first kappa shape index (κ1) is 20.0. The standard InChI is InChI=1S/C24H21N5O2/c30-23(18-8-2-1-3-9-18)28-22(13-19-16-26-21-11-5-4-10-20(19)21)24(31)29-27-15-17-7-6-12-25-14-17/h1-12,14-16,22,26H,13H2,(H,28,30)(H,29,31)/b27-15-/t22-/m1/s1. The summed E-state index contributed by atoms with van der Waals surface area (Å²) in [7, 11) is 0. The molecule has 154 valence electrons. The number of benzene rings is 2. The van der Waals surface area contributed by atoms with Crippen LogP contribution in [0, 0.1) is 0 Å². The lowest BCUT2D eigenvalue weighted by Crippen LogP contribution is -2.46. The Morgan fingerprint density at radius 3 is 2.65 bits per heavy atom. The van der Waals surface area contributed by atoms with Gasteiger partial charge in [0.25, 0.3) is 11.8 Å². The van der Waals surface area contributed by atoms with Crippen molar-refractivity contribution in [3.05, 3.63) is 102 Å². The molecule has 2 amide bonds. The van der Waals surface area contributed by atoms with E-state index >= 15 is 0 Å². The number of carbonyl (C=O) groups excluding carboxylic acids is 2. The van der Waals surface area contributed by atoms with Crippen LogP contribution in [-0.2, 0) is 11.2 Å². The topological polar surface area (TPSA) is 99.2 Å². The number of nitrogens with one attached hydrogen (secondary N) is 3. The molecule has 2 aromatic carbocycles.